The molecule has 87 valence electrons. The average Bonchev–Trinajstić information content (AvgIpc) is 2.03. The molecule has 0 radical (unpaired) electrons. The predicted octanol–water partition coefficient (Wildman–Crippen LogP) is 5.45. The molecule has 1 rings (SSSR count). The van der Waals surface area contributed by atoms with E-state index in [0.717, 1.165) is 8.95 Å². The zero-order valence-corrected chi connectivity index (χ0v) is 13.7. The maximum absolute atomic E-state index is 10.2. The number of benzene rings is 1. The fourth-order valence-corrected chi connectivity index (χ4v) is 1.70. The first-order chi connectivity index (χ1) is 6.47. The molecule has 2 nitrogen and oxygen atoms in total. The maximum Gasteiger partial charge on any atom is -0.693 e. The topological polar surface area (TPSA) is 50.6 Å². The van der Waals surface area contributed by atoms with Gasteiger partial charge in [-0.2, -0.15) is 6.07 Å². The number of nitrogens with two attached hydrogens (primary N) is 1. The quantitative estimate of drug-likeness (QED) is 0.539. The van der Waals surface area contributed by atoms with Crippen molar-refractivity contribution in [1.82, 2.24) is 0 Å². The normalized spacial score (nSPS) is 8.67. The van der Waals surface area contributed by atoms with Gasteiger partial charge in [0, 0.05) is 0 Å². The van der Waals surface area contributed by atoms with Gasteiger partial charge in [0.2, 0.25) is 0 Å². The minimum atomic E-state index is -1.62. The van der Waals surface area contributed by atoms with Crippen molar-refractivity contribution in [2.24, 2.45) is 0 Å². The Morgan fingerprint density at radius 1 is 1.20 bits per heavy atom. The third-order valence-electron chi connectivity index (χ3n) is 1.04. The third-order valence-corrected chi connectivity index (χ3v) is 2.19. The summed E-state index contributed by atoms with van der Waals surface area (Å²) in [5.74, 6) is 0. The summed E-state index contributed by atoms with van der Waals surface area (Å²) in [4.78, 5) is 10.2. The Morgan fingerprint density at radius 2 is 1.67 bits per heavy atom. The van der Waals surface area contributed by atoms with E-state index in [1.165, 1.54) is 0 Å². The molecule has 0 aliphatic carbocycles. The van der Waals surface area contributed by atoms with Crippen molar-refractivity contribution in [3.8, 4) is 0 Å². The van der Waals surface area contributed by atoms with E-state index in [-0.39, 0.29) is 6.15 Å². The molecular formula is C7H5Br2Cl3CrNO-2. The van der Waals surface area contributed by atoms with Crippen molar-refractivity contribution < 1.29 is 16.2 Å². The van der Waals surface area contributed by atoms with Gasteiger partial charge in [0.25, 0.3) is 0 Å². The Bertz CT molecular complexity index is 312. The van der Waals surface area contributed by atoms with Crippen LogP contribution in [0.1, 0.15) is 5.56 Å². The Hall–Kier alpha value is 1.21. The van der Waals surface area contributed by atoms with Crippen LogP contribution in [0.4, 0.5) is 0 Å². The fourth-order valence-electron chi connectivity index (χ4n) is 0.572. The van der Waals surface area contributed by atoms with Crippen molar-refractivity contribution in [3.05, 3.63) is 38.9 Å². The molecule has 0 atom stereocenters. The molecule has 0 amide bonds. The van der Waals surface area contributed by atoms with Gasteiger partial charge in [0.1, 0.15) is 0 Å². The Labute approximate surface area is 122 Å². The molecule has 0 aliphatic rings. The first-order valence-electron chi connectivity index (χ1n) is 3.03. The van der Waals surface area contributed by atoms with E-state index in [1.807, 2.05) is 0 Å². The molecule has 0 saturated heterocycles. The standard InChI is InChI=1S/C7H3Br2O.3ClH.Cr.H2N/c8-6-2-1-5(4-10)7(9)3-6;;;;;/h1-3H;3*1H;;1H2/q-1;;;;+3;-1/p-3. The largest absolute Gasteiger partial charge is 0.693 e. The molecule has 15 heavy (non-hydrogen) atoms. The first kappa shape index (κ1) is 18.6. The van der Waals surface area contributed by atoms with Crippen LogP contribution in [-0.2, 0) is 16.2 Å². The maximum atomic E-state index is 10.2. The summed E-state index contributed by atoms with van der Waals surface area (Å²) < 4.78 is 1.70. The second kappa shape index (κ2) is 10.4. The van der Waals surface area contributed by atoms with Crippen LogP contribution in [0.2, 0.25) is 0 Å². The Morgan fingerprint density at radius 3 is 2.00 bits per heavy atom. The van der Waals surface area contributed by atoms with Crippen LogP contribution in [0.15, 0.2) is 27.1 Å². The van der Waals surface area contributed by atoms with E-state index >= 15 is 0 Å². The van der Waals surface area contributed by atoms with E-state index in [2.05, 4.69) is 31.9 Å². The number of rotatable bonds is 1. The molecule has 0 unspecified atom stereocenters. The number of halogens is 5. The van der Waals surface area contributed by atoms with Crippen LogP contribution in [-0.4, -0.2) is 6.29 Å². The molecule has 2 N–H and O–H groups in total. The van der Waals surface area contributed by atoms with Gasteiger partial charge < -0.3 is 10.9 Å². The number of hydrogen-bond donors (Lipinski definition) is 0. The molecule has 0 heterocycles. The average molecular weight is 437 g/mol. The Kier molecular flexibility index (Phi) is 12.8. The van der Waals surface area contributed by atoms with Gasteiger partial charge in [-0.05, 0) is 4.47 Å². The Balaban J connectivity index is 0. The van der Waals surface area contributed by atoms with Gasteiger partial charge >= 0.3 is 41.5 Å². The number of hydrogen-bond acceptors (Lipinski definition) is 1. The van der Waals surface area contributed by atoms with Crippen molar-refractivity contribution >= 4 is 68.3 Å². The van der Waals surface area contributed by atoms with E-state index in [4.69, 9.17) is 30.1 Å². The molecule has 1 aromatic carbocycles. The zero-order valence-electron chi connectivity index (χ0n) is 7.02. The SMILES string of the molecule is O=[C-]c1ccc(Br)cc1Br.[Cl][Cr]([Cl])[Cl].[NH2-]. The van der Waals surface area contributed by atoms with E-state index < -0.39 is 11.4 Å². The van der Waals surface area contributed by atoms with Crippen LogP contribution in [0.5, 0.6) is 0 Å². The molecule has 0 spiro atoms. The molecule has 0 aliphatic heterocycles. The van der Waals surface area contributed by atoms with E-state index in [0.29, 0.717) is 5.56 Å². The van der Waals surface area contributed by atoms with Crippen LogP contribution >= 0.6 is 62.0 Å². The first-order valence-corrected chi connectivity index (χ1v) is 9.88. The molecule has 1 aromatic rings. The van der Waals surface area contributed by atoms with Crippen molar-refractivity contribution in [1.29, 1.82) is 0 Å². The molecule has 0 fully saturated rings. The molecule has 0 saturated carbocycles. The van der Waals surface area contributed by atoms with Gasteiger partial charge in [-0.3, -0.25) is 0 Å². The number of carbonyl (C=O) groups excluding carboxylic acids is 1. The molecule has 8 heteroatoms. The van der Waals surface area contributed by atoms with E-state index in [9.17, 15) is 4.79 Å². The molecule has 0 bridgehead atoms. The smallest absolute Gasteiger partial charge is 0.693 e. The third kappa shape index (κ3) is 10.1. The summed E-state index contributed by atoms with van der Waals surface area (Å²) in [6.07, 6.45) is 1.80. The van der Waals surface area contributed by atoms with Crippen LogP contribution in [0, 0.1) is 0 Å². The monoisotopic (exact) mass is 434 g/mol. The summed E-state index contributed by atoms with van der Waals surface area (Å²) in [7, 11) is 14.8. The van der Waals surface area contributed by atoms with Gasteiger partial charge in [0.15, 0.2) is 0 Å². The van der Waals surface area contributed by atoms with Gasteiger partial charge in [0.05, 0.1) is 6.29 Å². The van der Waals surface area contributed by atoms with Gasteiger partial charge in [-0.15, -0.1) is 27.6 Å². The summed E-state index contributed by atoms with van der Waals surface area (Å²) in [5.41, 5.74) is 0.545. The summed E-state index contributed by atoms with van der Waals surface area (Å²) in [6, 6.07) is 5.30. The minimum absolute atomic E-state index is 0. The van der Waals surface area contributed by atoms with E-state index in [1.54, 1.807) is 24.5 Å². The van der Waals surface area contributed by atoms with Crippen LogP contribution in [0.3, 0.4) is 0 Å². The van der Waals surface area contributed by atoms with Crippen LogP contribution in [0.25, 0.3) is 6.15 Å². The predicted molar refractivity (Wildman–Crippen MR) is 69.5 cm³/mol. The summed E-state index contributed by atoms with van der Waals surface area (Å²) in [6.45, 7) is 0. The van der Waals surface area contributed by atoms with Crippen molar-refractivity contribution in [2.75, 3.05) is 0 Å². The second-order valence-electron chi connectivity index (χ2n) is 1.90. The fraction of sp³-hybridized carbons (Fsp3) is 0. The van der Waals surface area contributed by atoms with Crippen molar-refractivity contribution in [2.45, 2.75) is 0 Å². The van der Waals surface area contributed by atoms with Gasteiger partial charge in [-0.1, -0.05) is 26.5 Å². The van der Waals surface area contributed by atoms with Gasteiger partial charge in [-0.25, -0.2) is 0 Å². The second-order valence-corrected chi connectivity index (χ2v) is 9.99. The van der Waals surface area contributed by atoms with Crippen molar-refractivity contribution in [3.63, 3.8) is 0 Å². The zero-order chi connectivity index (χ0) is 11.1. The summed E-state index contributed by atoms with van der Waals surface area (Å²) >= 11 is 4.86. The minimum Gasteiger partial charge on any atom is -0.693 e. The molecular weight excluding hydrogens is 432 g/mol. The molecule has 0 aromatic heterocycles. The van der Waals surface area contributed by atoms with Crippen LogP contribution < -0.4 is 0 Å². The summed E-state index contributed by atoms with van der Waals surface area (Å²) in [5, 5.41) is 0.